The van der Waals surface area contributed by atoms with Crippen LogP contribution in [0.5, 0.6) is 5.75 Å². The number of amides is 1. The molecule has 0 radical (unpaired) electrons. The van der Waals surface area contributed by atoms with Crippen molar-refractivity contribution in [2.24, 2.45) is 11.0 Å². The van der Waals surface area contributed by atoms with Crippen molar-refractivity contribution >= 4 is 17.9 Å². The maximum absolute atomic E-state index is 12.9. The van der Waals surface area contributed by atoms with Gasteiger partial charge in [-0.05, 0) is 60.3 Å². The molecule has 1 saturated carbocycles. The molecule has 2 heterocycles. The number of nitrogen functional groups attached to an aromatic ring is 1. The van der Waals surface area contributed by atoms with Crippen LogP contribution in [-0.2, 0) is 0 Å². The minimum Gasteiger partial charge on any atom is -0.494 e. The van der Waals surface area contributed by atoms with Crippen LogP contribution in [0.1, 0.15) is 49.5 Å². The van der Waals surface area contributed by atoms with Crippen molar-refractivity contribution in [3.63, 3.8) is 0 Å². The van der Waals surface area contributed by atoms with E-state index in [2.05, 4.69) is 35.8 Å². The quantitative estimate of drug-likeness (QED) is 0.434. The second-order valence-electron chi connectivity index (χ2n) is 7.25. The number of hydrogen-bond acceptors (Lipinski definition) is 9. The second kappa shape index (κ2) is 9.37. The normalized spacial score (nSPS) is 14.7. The lowest BCUT2D eigenvalue weighted by molar-refractivity contribution is 0.0950. The third-order valence-corrected chi connectivity index (χ3v) is 5.12. The maximum atomic E-state index is 12.9. The number of nitrogens with two attached hydrogens (primary N) is 1. The molecule has 1 aliphatic carbocycles. The Kier molecular flexibility index (Phi) is 6.20. The fourth-order valence-corrected chi connectivity index (χ4v) is 3.59. The Morgan fingerprint density at radius 2 is 2.06 bits per heavy atom. The van der Waals surface area contributed by atoms with E-state index in [9.17, 15) is 4.79 Å². The lowest BCUT2D eigenvalue weighted by Gasteiger charge is -2.16. The molecule has 0 spiro atoms. The van der Waals surface area contributed by atoms with Crippen molar-refractivity contribution in [3.05, 3.63) is 30.0 Å². The second-order valence-corrected chi connectivity index (χ2v) is 7.25. The largest absolute Gasteiger partial charge is 0.494 e. The van der Waals surface area contributed by atoms with Gasteiger partial charge in [0.05, 0.1) is 6.61 Å². The Labute approximate surface area is 178 Å². The number of rotatable bonds is 7. The number of carbonyl (C=O) groups excluding carboxylic acids is 1. The van der Waals surface area contributed by atoms with Gasteiger partial charge in [0.2, 0.25) is 11.6 Å². The molecule has 1 amide bonds. The van der Waals surface area contributed by atoms with Crippen LogP contribution >= 0.6 is 0 Å². The van der Waals surface area contributed by atoms with E-state index < -0.39 is 5.91 Å². The zero-order valence-electron chi connectivity index (χ0n) is 17.2. The van der Waals surface area contributed by atoms with E-state index in [1.807, 2.05) is 6.92 Å². The van der Waals surface area contributed by atoms with E-state index in [-0.39, 0.29) is 17.3 Å². The summed E-state index contributed by atoms with van der Waals surface area (Å²) >= 11 is 0. The predicted molar refractivity (Wildman–Crippen MR) is 113 cm³/mol. The van der Waals surface area contributed by atoms with Gasteiger partial charge < -0.3 is 10.5 Å². The summed E-state index contributed by atoms with van der Waals surface area (Å²) in [4.78, 5) is 12.9. The molecule has 1 aliphatic rings. The lowest BCUT2D eigenvalue weighted by atomic mass is 9.90. The highest BCUT2D eigenvalue weighted by molar-refractivity contribution is 5.98. The van der Waals surface area contributed by atoms with Crippen LogP contribution in [0.25, 0.3) is 17.1 Å². The van der Waals surface area contributed by atoms with Crippen LogP contribution in [0, 0.1) is 5.92 Å². The number of nitrogens with one attached hydrogen (secondary N) is 1. The molecular formula is C20H24N8O3. The molecule has 0 saturated heterocycles. The van der Waals surface area contributed by atoms with E-state index in [4.69, 9.17) is 10.5 Å². The number of anilines is 1. The van der Waals surface area contributed by atoms with Crippen molar-refractivity contribution < 1.29 is 14.2 Å². The van der Waals surface area contributed by atoms with Gasteiger partial charge in [-0.3, -0.25) is 4.79 Å². The van der Waals surface area contributed by atoms with E-state index in [1.165, 1.54) is 23.9 Å². The van der Waals surface area contributed by atoms with Crippen LogP contribution < -0.4 is 15.9 Å². The molecule has 2 aromatic heterocycles. The van der Waals surface area contributed by atoms with Crippen molar-refractivity contribution in [1.29, 1.82) is 0 Å². The molecule has 0 bridgehead atoms. The van der Waals surface area contributed by atoms with Gasteiger partial charge in [0.1, 0.15) is 11.4 Å². The molecule has 3 aromatic rings. The number of hydrazone groups is 1. The van der Waals surface area contributed by atoms with Crippen molar-refractivity contribution in [1.82, 2.24) is 30.7 Å². The molecule has 11 nitrogen and oxygen atoms in total. The maximum Gasteiger partial charge on any atom is 0.294 e. The zero-order chi connectivity index (χ0) is 21.6. The monoisotopic (exact) mass is 424 g/mol. The van der Waals surface area contributed by atoms with Gasteiger partial charge in [-0.25, -0.2) is 10.1 Å². The van der Waals surface area contributed by atoms with Crippen LogP contribution in [0.15, 0.2) is 34.0 Å². The first-order valence-electron chi connectivity index (χ1n) is 10.3. The third-order valence-electron chi connectivity index (χ3n) is 5.12. The Morgan fingerprint density at radius 3 is 2.74 bits per heavy atom. The Balaban J connectivity index is 1.64. The third kappa shape index (κ3) is 4.55. The number of carbonyl (C=O) groups is 1. The minimum absolute atomic E-state index is 0.0272. The molecule has 162 valence electrons. The summed E-state index contributed by atoms with van der Waals surface area (Å²) in [5.41, 5.74) is 9.52. The first-order valence-corrected chi connectivity index (χ1v) is 10.3. The van der Waals surface area contributed by atoms with Gasteiger partial charge >= 0.3 is 0 Å². The molecule has 3 N–H and O–H groups in total. The van der Waals surface area contributed by atoms with Crippen molar-refractivity contribution in [2.75, 3.05) is 12.3 Å². The summed E-state index contributed by atoms with van der Waals surface area (Å²) < 4.78 is 11.5. The highest BCUT2D eigenvalue weighted by Gasteiger charge is 2.25. The summed E-state index contributed by atoms with van der Waals surface area (Å²) in [6.07, 6.45) is 7.61. The van der Waals surface area contributed by atoms with Crippen LogP contribution in [-0.4, -0.2) is 44.0 Å². The Morgan fingerprint density at radius 1 is 1.29 bits per heavy atom. The fraction of sp³-hybridized carbons (Fsp3) is 0.400. The van der Waals surface area contributed by atoms with E-state index in [0.29, 0.717) is 29.5 Å². The van der Waals surface area contributed by atoms with Crippen LogP contribution in [0.3, 0.4) is 0 Å². The van der Waals surface area contributed by atoms with Crippen molar-refractivity contribution in [3.8, 4) is 22.8 Å². The highest BCUT2D eigenvalue weighted by atomic mass is 16.6. The summed E-state index contributed by atoms with van der Waals surface area (Å²) in [6.45, 7) is 2.45. The average molecular weight is 424 g/mol. The minimum atomic E-state index is -0.489. The Hall–Kier alpha value is -3.76. The molecule has 31 heavy (non-hydrogen) atoms. The predicted octanol–water partition coefficient (Wildman–Crippen LogP) is 2.59. The molecule has 0 atom stereocenters. The van der Waals surface area contributed by atoms with Crippen molar-refractivity contribution in [2.45, 2.75) is 39.0 Å². The molecule has 4 rings (SSSR count). The number of aromatic nitrogens is 5. The number of ether oxygens (including phenoxy) is 1. The summed E-state index contributed by atoms with van der Waals surface area (Å²) in [6, 6.07) is 7.19. The number of benzene rings is 1. The first-order chi connectivity index (χ1) is 15.2. The summed E-state index contributed by atoms with van der Waals surface area (Å²) in [7, 11) is 0. The smallest absolute Gasteiger partial charge is 0.294 e. The van der Waals surface area contributed by atoms with Gasteiger partial charge in [-0.1, -0.05) is 24.5 Å². The van der Waals surface area contributed by atoms with Gasteiger partial charge in [0.25, 0.3) is 5.91 Å². The summed E-state index contributed by atoms with van der Waals surface area (Å²) in [5.74, 6) is 0.769. The first kappa shape index (κ1) is 20.5. The molecule has 1 aromatic carbocycles. The van der Waals surface area contributed by atoms with Crippen LogP contribution in [0.4, 0.5) is 5.82 Å². The molecule has 0 aliphatic heterocycles. The van der Waals surface area contributed by atoms with E-state index >= 15 is 0 Å². The van der Waals surface area contributed by atoms with Gasteiger partial charge in [0, 0.05) is 11.8 Å². The summed E-state index contributed by atoms with van der Waals surface area (Å²) in [5, 5.41) is 19.6. The van der Waals surface area contributed by atoms with Gasteiger partial charge in [0.15, 0.2) is 5.69 Å². The fourth-order valence-electron chi connectivity index (χ4n) is 3.59. The molecule has 1 fully saturated rings. The SMILES string of the molecule is CCOc1ccc(-c2c(C(=O)N/N=C\C3CCCCC3)nnn2-c2nonc2N)cc1. The lowest BCUT2D eigenvalue weighted by Crippen LogP contribution is -2.20. The molecular weight excluding hydrogens is 400 g/mol. The Bertz CT molecular complexity index is 1050. The van der Waals surface area contributed by atoms with E-state index in [1.54, 1.807) is 30.5 Å². The average Bonchev–Trinajstić information content (AvgIpc) is 3.41. The number of hydrogen-bond donors (Lipinski definition) is 2. The topological polar surface area (TPSA) is 146 Å². The standard InChI is InChI=1S/C20H24N8O3/c1-2-30-15-10-8-14(9-11-15)17-16(23-27-28(17)19-18(21)25-31-26-19)20(29)24-22-12-13-6-4-3-5-7-13/h8-13H,2-7H2,1H3,(H2,21,25)(H,24,29)/b22-12-. The van der Waals surface area contributed by atoms with E-state index in [0.717, 1.165) is 12.8 Å². The molecule has 11 heteroatoms. The van der Waals surface area contributed by atoms with Gasteiger partial charge in [-0.15, -0.1) is 5.10 Å². The number of nitrogens with zero attached hydrogens (tertiary/aromatic N) is 6. The zero-order valence-corrected chi connectivity index (χ0v) is 17.2. The van der Waals surface area contributed by atoms with Crippen LogP contribution in [0.2, 0.25) is 0 Å². The highest BCUT2D eigenvalue weighted by Crippen LogP contribution is 2.28. The van der Waals surface area contributed by atoms with Gasteiger partial charge in [-0.2, -0.15) is 9.78 Å². The molecule has 0 unspecified atom stereocenters.